The fourth-order valence-electron chi connectivity index (χ4n) is 1.47. The predicted molar refractivity (Wildman–Crippen MR) is 72.7 cm³/mol. The second-order valence-electron chi connectivity index (χ2n) is 5.31. The van der Waals surface area contributed by atoms with Crippen LogP contribution in [0.4, 0.5) is 0 Å². The van der Waals surface area contributed by atoms with Crippen LogP contribution in [0.1, 0.15) is 34.1 Å². The van der Waals surface area contributed by atoms with Crippen LogP contribution in [0.5, 0.6) is 0 Å². The van der Waals surface area contributed by atoms with E-state index in [0.717, 1.165) is 12.2 Å². The molecule has 1 unspecified atom stereocenters. The number of carbonyl (C=O) groups excluding carboxylic acids is 1. The van der Waals surface area contributed by atoms with E-state index in [9.17, 15) is 4.79 Å². The Hall–Kier alpha value is -0.220. The van der Waals surface area contributed by atoms with Crippen molar-refractivity contribution in [1.29, 1.82) is 0 Å². The van der Waals surface area contributed by atoms with Crippen molar-refractivity contribution < 1.29 is 4.79 Å². The highest BCUT2D eigenvalue weighted by molar-refractivity contribution is 7.98. The van der Waals surface area contributed by atoms with Crippen molar-refractivity contribution in [3.63, 3.8) is 0 Å². The highest BCUT2D eigenvalue weighted by Crippen LogP contribution is 2.20. The summed E-state index contributed by atoms with van der Waals surface area (Å²) in [5.74, 6) is 1.02. The SMILES string of the molecule is CCC(CSC)N(C)C(=O)[C@@H](N)C(C)(C)C. The highest BCUT2D eigenvalue weighted by atomic mass is 32.2. The van der Waals surface area contributed by atoms with Gasteiger partial charge in [-0.05, 0) is 18.1 Å². The number of hydrogen-bond acceptors (Lipinski definition) is 3. The van der Waals surface area contributed by atoms with Crippen LogP contribution in [0.25, 0.3) is 0 Å². The lowest BCUT2D eigenvalue weighted by Crippen LogP contribution is -2.52. The van der Waals surface area contributed by atoms with Gasteiger partial charge in [0, 0.05) is 18.8 Å². The number of nitrogens with zero attached hydrogens (tertiary/aromatic N) is 1. The number of hydrogen-bond donors (Lipinski definition) is 1. The van der Waals surface area contributed by atoms with E-state index in [2.05, 4.69) is 13.2 Å². The standard InChI is InChI=1S/C12H26N2OS/c1-7-9(8-16-6)14(5)11(15)10(13)12(2,3)4/h9-10H,7-8,13H2,1-6H3/t9?,10-/m1/s1. The van der Waals surface area contributed by atoms with E-state index in [1.165, 1.54) is 0 Å². The van der Waals surface area contributed by atoms with Crippen molar-refractivity contribution in [1.82, 2.24) is 4.90 Å². The minimum atomic E-state index is -0.423. The van der Waals surface area contributed by atoms with Crippen LogP contribution in [0.3, 0.4) is 0 Å². The molecule has 0 saturated carbocycles. The maximum Gasteiger partial charge on any atom is 0.240 e. The van der Waals surface area contributed by atoms with Crippen LogP contribution in [0.15, 0.2) is 0 Å². The highest BCUT2D eigenvalue weighted by Gasteiger charge is 2.31. The molecule has 0 aromatic heterocycles. The molecular formula is C12H26N2OS. The van der Waals surface area contributed by atoms with Crippen LogP contribution < -0.4 is 5.73 Å². The second-order valence-corrected chi connectivity index (χ2v) is 6.22. The van der Waals surface area contributed by atoms with Gasteiger partial charge in [0.15, 0.2) is 0 Å². The summed E-state index contributed by atoms with van der Waals surface area (Å²) in [7, 11) is 1.86. The Balaban J connectivity index is 4.58. The van der Waals surface area contributed by atoms with E-state index in [1.54, 1.807) is 11.8 Å². The maximum atomic E-state index is 12.2. The van der Waals surface area contributed by atoms with Crippen molar-refractivity contribution in [2.24, 2.45) is 11.1 Å². The van der Waals surface area contributed by atoms with Gasteiger partial charge >= 0.3 is 0 Å². The van der Waals surface area contributed by atoms with Crippen molar-refractivity contribution >= 4 is 17.7 Å². The Morgan fingerprint density at radius 3 is 2.25 bits per heavy atom. The first-order chi connectivity index (χ1) is 7.25. The van der Waals surface area contributed by atoms with E-state index in [4.69, 9.17) is 5.73 Å². The van der Waals surface area contributed by atoms with Gasteiger partial charge in [0.25, 0.3) is 0 Å². The first-order valence-electron chi connectivity index (χ1n) is 5.76. The minimum absolute atomic E-state index is 0.0494. The smallest absolute Gasteiger partial charge is 0.240 e. The van der Waals surface area contributed by atoms with Gasteiger partial charge in [-0.15, -0.1) is 0 Å². The van der Waals surface area contributed by atoms with Crippen LogP contribution in [0.2, 0.25) is 0 Å². The molecule has 0 aromatic carbocycles. The minimum Gasteiger partial charge on any atom is -0.341 e. The van der Waals surface area contributed by atoms with E-state index in [-0.39, 0.29) is 17.4 Å². The van der Waals surface area contributed by atoms with Gasteiger partial charge in [-0.25, -0.2) is 0 Å². The Morgan fingerprint density at radius 2 is 1.94 bits per heavy atom. The zero-order valence-corrected chi connectivity index (χ0v) is 12.2. The Bertz CT molecular complexity index is 226. The van der Waals surface area contributed by atoms with Crippen LogP contribution >= 0.6 is 11.8 Å². The zero-order chi connectivity index (χ0) is 12.9. The molecule has 1 amide bonds. The average molecular weight is 246 g/mol. The summed E-state index contributed by atoms with van der Waals surface area (Å²) in [4.78, 5) is 14.0. The third kappa shape index (κ3) is 4.34. The van der Waals surface area contributed by atoms with Crippen molar-refractivity contribution in [2.45, 2.75) is 46.2 Å². The summed E-state index contributed by atoms with van der Waals surface area (Å²) in [6.07, 6.45) is 3.03. The molecule has 0 aliphatic rings. The van der Waals surface area contributed by atoms with Gasteiger partial charge in [0.2, 0.25) is 5.91 Å². The summed E-state index contributed by atoms with van der Waals surface area (Å²) in [6, 6.07) is -0.135. The second kappa shape index (κ2) is 6.50. The number of rotatable bonds is 5. The molecule has 0 fully saturated rings. The molecular weight excluding hydrogens is 220 g/mol. The number of amides is 1. The average Bonchev–Trinajstić information content (AvgIpc) is 2.21. The van der Waals surface area contributed by atoms with E-state index in [0.29, 0.717) is 0 Å². The fraction of sp³-hybridized carbons (Fsp3) is 0.917. The normalized spacial score (nSPS) is 15.7. The quantitative estimate of drug-likeness (QED) is 0.806. The first-order valence-corrected chi connectivity index (χ1v) is 7.16. The molecule has 0 bridgehead atoms. The van der Waals surface area contributed by atoms with Gasteiger partial charge in [0.05, 0.1) is 6.04 Å². The van der Waals surface area contributed by atoms with Crippen LogP contribution in [-0.2, 0) is 4.79 Å². The van der Waals surface area contributed by atoms with E-state index >= 15 is 0 Å². The molecule has 2 atom stereocenters. The number of likely N-dealkylation sites (N-methyl/N-ethyl adjacent to an activating group) is 1. The Kier molecular flexibility index (Phi) is 6.41. The molecule has 0 spiro atoms. The Morgan fingerprint density at radius 1 is 1.44 bits per heavy atom. The van der Waals surface area contributed by atoms with E-state index in [1.807, 2.05) is 32.7 Å². The molecule has 0 saturated heterocycles. The van der Waals surface area contributed by atoms with Gasteiger partial charge in [-0.1, -0.05) is 27.7 Å². The van der Waals surface area contributed by atoms with Gasteiger partial charge in [-0.2, -0.15) is 11.8 Å². The van der Waals surface area contributed by atoms with Gasteiger partial charge < -0.3 is 10.6 Å². The van der Waals surface area contributed by atoms with E-state index < -0.39 is 6.04 Å². The van der Waals surface area contributed by atoms with Crippen molar-refractivity contribution in [3.8, 4) is 0 Å². The largest absolute Gasteiger partial charge is 0.341 e. The van der Waals surface area contributed by atoms with Gasteiger partial charge in [-0.3, -0.25) is 4.79 Å². The number of thioether (sulfide) groups is 1. The number of carbonyl (C=O) groups is 1. The lowest BCUT2D eigenvalue weighted by atomic mass is 9.86. The van der Waals surface area contributed by atoms with Crippen molar-refractivity contribution in [2.75, 3.05) is 19.1 Å². The first kappa shape index (κ1) is 15.8. The summed E-state index contributed by atoms with van der Waals surface area (Å²) in [6.45, 7) is 8.10. The zero-order valence-electron chi connectivity index (χ0n) is 11.4. The fourth-order valence-corrected chi connectivity index (χ4v) is 2.31. The molecule has 16 heavy (non-hydrogen) atoms. The molecule has 0 aliphatic heterocycles. The van der Waals surface area contributed by atoms with Crippen LogP contribution in [-0.4, -0.2) is 41.9 Å². The van der Waals surface area contributed by atoms with Crippen molar-refractivity contribution in [3.05, 3.63) is 0 Å². The lowest BCUT2D eigenvalue weighted by Gasteiger charge is -2.34. The predicted octanol–water partition coefficient (Wildman–Crippen LogP) is 1.96. The molecule has 2 N–H and O–H groups in total. The molecule has 0 radical (unpaired) electrons. The summed E-state index contributed by atoms with van der Waals surface area (Å²) < 4.78 is 0. The monoisotopic (exact) mass is 246 g/mol. The third-order valence-corrected chi connectivity index (χ3v) is 3.64. The molecule has 0 heterocycles. The topological polar surface area (TPSA) is 46.3 Å². The number of nitrogens with two attached hydrogens (primary N) is 1. The molecule has 0 aliphatic carbocycles. The molecule has 0 aromatic rings. The molecule has 96 valence electrons. The Labute approximate surface area is 104 Å². The molecule has 4 heteroatoms. The summed E-state index contributed by atoms with van der Waals surface area (Å²) in [5, 5.41) is 0. The maximum absolute atomic E-state index is 12.2. The molecule has 0 rings (SSSR count). The molecule has 3 nitrogen and oxygen atoms in total. The van der Waals surface area contributed by atoms with Crippen LogP contribution in [0, 0.1) is 5.41 Å². The summed E-state index contributed by atoms with van der Waals surface area (Å²) in [5.41, 5.74) is 5.81. The summed E-state index contributed by atoms with van der Waals surface area (Å²) >= 11 is 1.76. The lowest BCUT2D eigenvalue weighted by molar-refractivity contribution is -0.135. The van der Waals surface area contributed by atoms with Gasteiger partial charge in [0.1, 0.15) is 0 Å². The third-order valence-electron chi connectivity index (χ3n) is 2.92.